The van der Waals surface area contributed by atoms with Crippen LogP contribution in [-0.4, -0.2) is 29.2 Å². The van der Waals surface area contributed by atoms with Gasteiger partial charge in [0, 0.05) is 18.5 Å². The van der Waals surface area contributed by atoms with E-state index < -0.39 is 5.91 Å². The van der Waals surface area contributed by atoms with Crippen LogP contribution < -0.4 is 5.32 Å². The maximum absolute atomic E-state index is 11.7. The molecule has 3 amide bonds. The van der Waals surface area contributed by atoms with Gasteiger partial charge >= 0.3 is 0 Å². The molecule has 1 saturated heterocycles. The summed E-state index contributed by atoms with van der Waals surface area (Å²) in [4.78, 5) is 35.3. The Morgan fingerprint density at radius 2 is 1.79 bits per heavy atom. The fraction of sp³-hybridized carbons (Fsp3) is 0.231. The summed E-state index contributed by atoms with van der Waals surface area (Å²) < 4.78 is 0. The molecule has 1 aromatic carbocycles. The van der Waals surface area contributed by atoms with Crippen LogP contribution in [0.15, 0.2) is 24.3 Å². The third-order valence-electron chi connectivity index (χ3n) is 2.75. The first kappa shape index (κ1) is 12.8. The largest absolute Gasteiger partial charge is 0.325 e. The SMILES string of the molecule is N#Cc1ccc(NC(=O)CN2C(=O)CCC2=O)cc1. The Morgan fingerprint density at radius 3 is 2.32 bits per heavy atom. The third kappa shape index (κ3) is 2.96. The molecule has 19 heavy (non-hydrogen) atoms. The van der Waals surface area contributed by atoms with E-state index >= 15 is 0 Å². The van der Waals surface area contributed by atoms with Gasteiger partial charge in [-0.05, 0) is 24.3 Å². The fourth-order valence-corrected chi connectivity index (χ4v) is 1.77. The number of nitrogens with zero attached hydrogens (tertiary/aromatic N) is 2. The molecule has 1 aliphatic rings. The molecule has 0 saturated carbocycles. The molecule has 0 radical (unpaired) electrons. The van der Waals surface area contributed by atoms with E-state index in [1.54, 1.807) is 24.3 Å². The first-order chi connectivity index (χ1) is 9.10. The van der Waals surface area contributed by atoms with E-state index in [0.29, 0.717) is 11.3 Å². The number of nitriles is 1. The lowest BCUT2D eigenvalue weighted by atomic mass is 10.2. The molecule has 0 unspecified atom stereocenters. The summed E-state index contributed by atoms with van der Waals surface area (Å²) in [7, 11) is 0. The van der Waals surface area contributed by atoms with Gasteiger partial charge in [-0.2, -0.15) is 5.26 Å². The molecule has 0 aromatic heterocycles. The van der Waals surface area contributed by atoms with Crippen molar-refractivity contribution in [3.05, 3.63) is 29.8 Å². The van der Waals surface area contributed by atoms with Crippen molar-refractivity contribution in [3.63, 3.8) is 0 Å². The Morgan fingerprint density at radius 1 is 1.21 bits per heavy atom. The molecule has 1 N–H and O–H groups in total. The molecule has 6 heteroatoms. The highest BCUT2D eigenvalue weighted by Gasteiger charge is 2.30. The van der Waals surface area contributed by atoms with Crippen molar-refractivity contribution in [1.29, 1.82) is 5.26 Å². The number of benzene rings is 1. The second kappa shape index (κ2) is 5.31. The average molecular weight is 257 g/mol. The summed E-state index contributed by atoms with van der Waals surface area (Å²) >= 11 is 0. The number of hydrogen-bond donors (Lipinski definition) is 1. The minimum Gasteiger partial charge on any atom is -0.325 e. The monoisotopic (exact) mass is 257 g/mol. The van der Waals surface area contributed by atoms with Gasteiger partial charge < -0.3 is 5.32 Å². The summed E-state index contributed by atoms with van der Waals surface area (Å²) in [5, 5.41) is 11.2. The van der Waals surface area contributed by atoms with Crippen LogP contribution in [0.4, 0.5) is 5.69 Å². The molecule has 6 nitrogen and oxygen atoms in total. The van der Waals surface area contributed by atoms with Crippen molar-refractivity contribution in [2.24, 2.45) is 0 Å². The molecule has 2 rings (SSSR count). The second-order valence-electron chi connectivity index (χ2n) is 4.11. The molecule has 0 bridgehead atoms. The predicted octanol–water partition coefficient (Wildman–Crippen LogP) is 0.646. The van der Waals surface area contributed by atoms with Gasteiger partial charge in [0.2, 0.25) is 17.7 Å². The number of rotatable bonds is 3. The van der Waals surface area contributed by atoms with Crippen molar-refractivity contribution in [2.75, 3.05) is 11.9 Å². The van der Waals surface area contributed by atoms with Crippen LogP contribution in [-0.2, 0) is 14.4 Å². The highest BCUT2D eigenvalue weighted by atomic mass is 16.2. The second-order valence-corrected chi connectivity index (χ2v) is 4.11. The van der Waals surface area contributed by atoms with Crippen molar-refractivity contribution in [1.82, 2.24) is 4.90 Å². The van der Waals surface area contributed by atoms with E-state index in [4.69, 9.17) is 5.26 Å². The molecule has 1 fully saturated rings. The summed E-state index contributed by atoms with van der Waals surface area (Å²) in [6, 6.07) is 8.28. The molecular formula is C13H11N3O3. The number of carbonyl (C=O) groups is 3. The van der Waals surface area contributed by atoms with Gasteiger partial charge in [0.25, 0.3) is 0 Å². The van der Waals surface area contributed by atoms with Gasteiger partial charge in [-0.1, -0.05) is 0 Å². The van der Waals surface area contributed by atoms with Crippen LogP contribution in [0.25, 0.3) is 0 Å². The van der Waals surface area contributed by atoms with Crippen LogP contribution in [0.3, 0.4) is 0 Å². The van der Waals surface area contributed by atoms with Crippen LogP contribution in [0, 0.1) is 11.3 Å². The minimum atomic E-state index is -0.437. The molecule has 0 spiro atoms. The first-order valence-corrected chi connectivity index (χ1v) is 5.73. The zero-order valence-electron chi connectivity index (χ0n) is 10.0. The number of nitrogens with one attached hydrogen (secondary N) is 1. The normalized spacial score (nSPS) is 14.4. The summed E-state index contributed by atoms with van der Waals surface area (Å²) in [5.41, 5.74) is 1.01. The zero-order chi connectivity index (χ0) is 13.8. The van der Waals surface area contributed by atoms with Crippen molar-refractivity contribution < 1.29 is 14.4 Å². The van der Waals surface area contributed by atoms with E-state index in [0.717, 1.165) is 4.90 Å². The molecular weight excluding hydrogens is 246 g/mol. The number of carbonyl (C=O) groups excluding carboxylic acids is 3. The van der Waals surface area contributed by atoms with E-state index in [9.17, 15) is 14.4 Å². The average Bonchev–Trinajstić information content (AvgIpc) is 2.71. The van der Waals surface area contributed by atoms with Crippen LogP contribution in [0.2, 0.25) is 0 Å². The molecule has 1 heterocycles. The fourth-order valence-electron chi connectivity index (χ4n) is 1.77. The maximum Gasteiger partial charge on any atom is 0.244 e. The lowest BCUT2D eigenvalue weighted by Crippen LogP contribution is -2.36. The summed E-state index contributed by atoms with van der Waals surface area (Å²) in [5.74, 6) is -1.08. The quantitative estimate of drug-likeness (QED) is 0.805. The van der Waals surface area contributed by atoms with Crippen LogP contribution in [0.1, 0.15) is 18.4 Å². The Labute approximate surface area is 109 Å². The van der Waals surface area contributed by atoms with Gasteiger partial charge in [0.05, 0.1) is 11.6 Å². The number of likely N-dealkylation sites (tertiary alicyclic amines) is 1. The number of amides is 3. The standard InChI is InChI=1S/C13H11N3O3/c14-7-9-1-3-10(4-2-9)15-11(17)8-16-12(18)5-6-13(16)19/h1-4H,5-6,8H2,(H,15,17). The molecule has 0 atom stereocenters. The van der Waals surface area contributed by atoms with Crippen LogP contribution >= 0.6 is 0 Å². The van der Waals surface area contributed by atoms with Crippen LogP contribution in [0.5, 0.6) is 0 Å². The van der Waals surface area contributed by atoms with E-state index in [2.05, 4.69) is 5.32 Å². The summed E-state index contributed by atoms with van der Waals surface area (Å²) in [6.07, 6.45) is 0.339. The minimum absolute atomic E-state index is 0.170. The van der Waals surface area contributed by atoms with Gasteiger partial charge in [0.15, 0.2) is 0 Å². The van der Waals surface area contributed by atoms with E-state index in [1.165, 1.54) is 0 Å². The van der Waals surface area contributed by atoms with Gasteiger partial charge in [-0.15, -0.1) is 0 Å². The first-order valence-electron chi connectivity index (χ1n) is 5.73. The van der Waals surface area contributed by atoms with E-state index in [1.807, 2.05) is 6.07 Å². The smallest absolute Gasteiger partial charge is 0.244 e. The highest BCUT2D eigenvalue weighted by Crippen LogP contribution is 2.12. The maximum atomic E-state index is 11.7. The van der Waals surface area contributed by atoms with Crippen molar-refractivity contribution in [3.8, 4) is 6.07 Å². The zero-order valence-corrected chi connectivity index (χ0v) is 10.0. The van der Waals surface area contributed by atoms with Gasteiger partial charge in [-0.3, -0.25) is 19.3 Å². The molecule has 0 aliphatic carbocycles. The topological polar surface area (TPSA) is 90.3 Å². The Bertz CT molecular complexity index is 556. The lowest BCUT2D eigenvalue weighted by molar-refractivity contribution is -0.141. The molecule has 1 aromatic rings. The number of anilines is 1. The van der Waals surface area contributed by atoms with Gasteiger partial charge in [0.1, 0.15) is 6.54 Å². The summed E-state index contributed by atoms with van der Waals surface area (Å²) in [6.45, 7) is -0.266. The van der Waals surface area contributed by atoms with Crippen molar-refractivity contribution in [2.45, 2.75) is 12.8 Å². The van der Waals surface area contributed by atoms with E-state index in [-0.39, 0.29) is 31.2 Å². The Hall–Kier alpha value is -2.68. The Balaban J connectivity index is 1.95. The van der Waals surface area contributed by atoms with Gasteiger partial charge in [-0.25, -0.2) is 0 Å². The van der Waals surface area contributed by atoms with Crippen molar-refractivity contribution >= 4 is 23.4 Å². The predicted molar refractivity (Wildman–Crippen MR) is 65.7 cm³/mol. The number of hydrogen-bond acceptors (Lipinski definition) is 4. The highest BCUT2D eigenvalue weighted by molar-refractivity contribution is 6.06. The Kier molecular flexibility index (Phi) is 3.57. The molecule has 1 aliphatic heterocycles. The number of imide groups is 1. The lowest BCUT2D eigenvalue weighted by Gasteiger charge is -2.13. The third-order valence-corrected chi connectivity index (χ3v) is 2.75. The molecule has 96 valence electrons.